The van der Waals surface area contributed by atoms with Crippen LogP contribution in [0.2, 0.25) is 0 Å². The molecule has 1 fully saturated rings. The third-order valence-electron chi connectivity index (χ3n) is 2.35. The van der Waals surface area contributed by atoms with E-state index in [9.17, 15) is 21.6 Å². The molecule has 1 aliphatic rings. The molecule has 0 spiro atoms. The molecule has 15 heavy (non-hydrogen) atoms. The molecule has 1 saturated heterocycles. The van der Waals surface area contributed by atoms with Crippen molar-refractivity contribution in [1.82, 2.24) is 5.32 Å². The van der Waals surface area contributed by atoms with Gasteiger partial charge in [-0.15, -0.1) is 0 Å². The molecule has 0 bridgehead atoms. The number of nitrogens with one attached hydrogen (secondary N) is 1. The largest absolute Gasteiger partial charge is 0.390 e. The normalized spacial score (nSPS) is 25.7. The summed E-state index contributed by atoms with van der Waals surface area (Å²) >= 11 is 0. The number of hydrogen-bond donors (Lipinski definition) is 1. The lowest BCUT2D eigenvalue weighted by Crippen LogP contribution is -2.27. The third kappa shape index (κ3) is 5.36. The Morgan fingerprint density at radius 2 is 2.00 bits per heavy atom. The second-order valence-electron chi connectivity index (χ2n) is 3.84. The maximum absolute atomic E-state index is 11.7. The van der Waals surface area contributed by atoms with E-state index in [-0.39, 0.29) is 24.0 Å². The van der Waals surface area contributed by atoms with Crippen molar-refractivity contribution in [3.05, 3.63) is 0 Å². The lowest BCUT2D eigenvalue weighted by atomic mass is 10.1. The van der Waals surface area contributed by atoms with Crippen LogP contribution < -0.4 is 5.32 Å². The van der Waals surface area contributed by atoms with Crippen molar-refractivity contribution in [2.24, 2.45) is 5.92 Å². The summed E-state index contributed by atoms with van der Waals surface area (Å²) in [6.45, 7) is 0.218. The van der Waals surface area contributed by atoms with Gasteiger partial charge in [0.2, 0.25) is 0 Å². The van der Waals surface area contributed by atoms with Crippen molar-refractivity contribution in [1.29, 1.82) is 0 Å². The highest BCUT2D eigenvalue weighted by Gasteiger charge is 2.29. The molecule has 1 aliphatic heterocycles. The van der Waals surface area contributed by atoms with Crippen molar-refractivity contribution >= 4 is 9.84 Å². The first-order chi connectivity index (χ1) is 6.79. The summed E-state index contributed by atoms with van der Waals surface area (Å²) < 4.78 is 57.3. The van der Waals surface area contributed by atoms with Crippen LogP contribution in [0.15, 0.2) is 0 Å². The van der Waals surface area contributed by atoms with Crippen LogP contribution in [-0.2, 0) is 9.84 Å². The first-order valence-electron chi connectivity index (χ1n) is 4.76. The summed E-state index contributed by atoms with van der Waals surface area (Å²) in [6, 6.07) is 0. The number of hydrogen-bond acceptors (Lipinski definition) is 3. The molecule has 0 aliphatic carbocycles. The first kappa shape index (κ1) is 12.8. The van der Waals surface area contributed by atoms with E-state index in [1.165, 1.54) is 0 Å². The van der Waals surface area contributed by atoms with Gasteiger partial charge in [0.05, 0.1) is 17.9 Å². The second kappa shape index (κ2) is 4.69. The van der Waals surface area contributed by atoms with Gasteiger partial charge in [-0.2, -0.15) is 13.2 Å². The molecule has 1 atom stereocenters. The molecule has 90 valence electrons. The Kier molecular flexibility index (Phi) is 3.99. The Morgan fingerprint density at radius 1 is 1.33 bits per heavy atom. The number of rotatable bonds is 4. The Balaban J connectivity index is 2.12. The molecule has 0 aromatic rings. The van der Waals surface area contributed by atoms with E-state index in [4.69, 9.17) is 0 Å². The molecule has 7 heteroatoms. The Bertz CT molecular complexity index is 299. The SMILES string of the molecule is O=S1(=O)CCC(CNCCC(F)(F)F)C1. The van der Waals surface area contributed by atoms with Crippen LogP contribution in [0, 0.1) is 5.92 Å². The summed E-state index contributed by atoms with van der Waals surface area (Å²) in [5.41, 5.74) is 0. The van der Waals surface area contributed by atoms with E-state index in [0.29, 0.717) is 13.0 Å². The van der Waals surface area contributed by atoms with Crippen molar-refractivity contribution in [3.63, 3.8) is 0 Å². The van der Waals surface area contributed by atoms with Crippen LogP contribution >= 0.6 is 0 Å². The molecule has 1 unspecified atom stereocenters. The zero-order valence-electron chi connectivity index (χ0n) is 8.18. The van der Waals surface area contributed by atoms with E-state index < -0.39 is 22.4 Å². The van der Waals surface area contributed by atoms with Crippen LogP contribution in [0.4, 0.5) is 13.2 Å². The molecule has 0 aromatic heterocycles. The van der Waals surface area contributed by atoms with E-state index in [1.54, 1.807) is 0 Å². The topological polar surface area (TPSA) is 46.2 Å². The quantitative estimate of drug-likeness (QED) is 0.750. The molecule has 0 aromatic carbocycles. The van der Waals surface area contributed by atoms with Crippen molar-refractivity contribution < 1.29 is 21.6 Å². The minimum Gasteiger partial charge on any atom is -0.316 e. The van der Waals surface area contributed by atoms with Gasteiger partial charge in [-0.1, -0.05) is 0 Å². The molecule has 1 rings (SSSR count). The second-order valence-corrected chi connectivity index (χ2v) is 6.07. The standard InChI is InChI=1S/C8H14F3NO2S/c9-8(10,11)2-3-12-5-7-1-4-15(13,14)6-7/h7,12H,1-6H2. The Hall–Kier alpha value is -0.300. The molecule has 1 heterocycles. The van der Waals surface area contributed by atoms with E-state index >= 15 is 0 Å². The fourth-order valence-electron chi connectivity index (χ4n) is 1.57. The zero-order valence-corrected chi connectivity index (χ0v) is 9.00. The molecular formula is C8H14F3NO2S. The molecule has 1 N–H and O–H groups in total. The minimum atomic E-state index is -4.14. The third-order valence-corrected chi connectivity index (χ3v) is 4.18. The fourth-order valence-corrected chi connectivity index (χ4v) is 3.43. The van der Waals surface area contributed by atoms with Crippen LogP contribution in [-0.4, -0.2) is 39.2 Å². The number of alkyl halides is 3. The van der Waals surface area contributed by atoms with Gasteiger partial charge in [0.25, 0.3) is 0 Å². The van der Waals surface area contributed by atoms with Crippen molar-refractivity contribution in [3.8, 4) is 0 Å². The number of sulfone groups is 1. The minimum absolute atomic E-state index is 0.0248. The molecule has 0 saturated carbocycles. The van der Waals surface area contributed by atoms with E-state index in [0.717, 1.165) is 0 Å². The van der Waals surface area contributed by atoms with Gasteiger partial charge in [-0.05, 0) is 18.9 Å². The Labute approximate surface area is 87.0 Å². The number of halogens is 3. The van der Waals surface area contributed by atoms with Gasteiger partial charge in [0.15, 0.2) is 9.84 Å². The molecule has 3 nitrogen and oxygen atoms in total. The fraction of sp³-hybridized carbons (Fsp3) is 1.00. The molecule has 0 radical (unpaired) electrons. The summed E-state index contributed by atoms with van der Waals surface area (Å²) in [5.74, 6) is 0.244. The lowest BCUT2D eigenvalue weighted by Gasteiger charge is -2.10. The van der Waals surface area contributed by atoms with Gasteiger partial charge in [-0.25, -0.2) is 8.42 Å². The van der Waals surface area contributed by atoms with Gasteiger partial charge >= 0.3 is 6.18 Å². The maximum Gasteiger partial charge on any atom is 0.390 e. The first-order valence-corrected chi connectivity index (χ1v) is 6.58. The summed E-state index contributed by atoms with van der Waals surface area (Å²) in [5, 5.41) is 2.64. The Morgan fingerprint density at radius 3 is 2.47 bits per heavy atom. The van der Waals surface area contributed by atoms with Crippen molar-refractivity contribution in [2.45, 2.75) is 19.0 Å². The van der Waals surface area contributed by atoms with Gasteiger partial charge < -0.3 is 5.32 Å². The highest BCUT2D eigenvalue weighted by molar-refractivity contribution is 7.91. The predicted molar refractivity (Wildman–Crippen MR) is 50.3 cm³/mol. The average molecular weight is 245 g/mol. The lowest BCUT2D eigenvalue weighted by molar-refractivity contribution is -0.133. The van der Waals surface area contributed by atoms with Crippen LogP contribution in [0.5, 0.6) is 0 Å². The molecular weight excluding hydrogens is 231 g/mol. The monoisotopic (exact) mass is 245 g/mol. The zero-order chi connectivity index (χ0) is 11.5. The highest BCUT2D eigenvalue weighted by atomic mass is 32.2. The van der Waals surface area contributed by atoms with Crippen LogP contribution in [0.3, 0.4) is 0 Å². The molecule has 0 amide bonds. The van der Waals surface area contributed by atoms with Crippen LogP contribution in [0.1, 0.15) is 12.8 Å². The maximum atomic E-state index is 11.7. The van der Waals surface area contributed by atoms with Gasteiger partial charge in [-0.3, -0.25) is 0 Å². The average Bonchev–Trinajstić information content (AvgIpc) is 2.38. The van der Waals surface area contributed by atoms with Crippen molar-refractivity contribution in [2.75, 3.05) is 24.6 Å². The van der Waals surface area contributed by atoms with E-state index in [1.807, 2.05) is 0 Å². The van der Waals surface area contributed by atoms with E-state index in [2.05, 4.69) is 5.32 Å². The summed E-state index contributed by atoms with van der Waals surface area (Å²) in [6.07, 6.45) is -4.46. The van der Waals surface area contributed by atoms with Crippen LogP contribution in [0.25, 0.3) is 0 Å². The smallest absolute Gasteiger partial charge is 0.316 e. The van der Waals surface area contributed by atoms with Gasteiger partial charge in [0, 0.05) is 6.54 Å². The summed E-state index contributed by atoms with van der Waals surface area (Å²) in [4.78, 5) is 0. The predicted octanol–water partition coefficient (Wildman–Crippen LogP) is 0.963. The highest BCUT2D eigenvalue weighted by Crippen LogP contribution is 2.19. The van der Waals surface area contributed by atoms with Gasteiger partial charge in [0.1, 0.15) is 0 Å². The summed E-state index contributed by atoms with van der Waals surface area (Å²) in [7, 11) is -2.92.